The number of hydrogen-bond donors (Lipinski definition) is 1. The van der Waals surface area contributed by atoms with Crippen LogP contribution in [0, 0.1) is 5.92 Å². The number of hydrogen-bond acceptors (Lipinski definition) is 5. The molecule has 27 heavy (non-hydrogen) atoms. The average Bonchev–Trinajstić information content (AvgIpc) is 2.60. The summed E-state index contributed by atoms with van der Waals surface area (Å²) in [6, 6.07) is 8.41. The molecular weight excluding hydrogens is 362 g/mol. The highest BCUT2D eigenvalue weighted by molar-refractivity contribution is 7.99. The van der Waals surface area contributed by atoms with E-state index in [1.807, 2.05) is 20.8 Å². The van der Waals surface area contributed by atoms with E-state index >= 15 is 0 Å². The summed E-state index contributed by atoms with van der Waals surface area (Å²) < 4.78 is 1.57. The molecule has 0 unspecified atom stereocenters. The largest absolute Gasteiger partial charge is 0.326 e. The van der Waals surface area contributed by atoms with Gasteiger partial charge in [-0.2, -0.15) is 0 Å². The number of anilines is 1. The second-order valence-electron chi connectivity index (χ2n) is 7.76. The van der Waals surface area contributed by atoms with Crippen LogP contribution in [-0.2, 0) is 16.8 Å². The number of Topliss-reactive ketones (excluding diaryl/α,β-unsaturated/α-hetero) is 1. The molecule has 0 saturated heterocycles. The van der Waals surface area contributed by atoms with Crippen molar-refractivity contribution in [1.82, 2.24) is 9.55 Å². The number of amides is 1. The van der Waals surface area contributed by atoms with Crippen LogP contribution < -0.4 is 10.9 Å². The molecule has 7 heteroatoms. The van der Waals surface area contributed by atoms with Crippen LogP contribution in [0.4, 0.5) is 5.69 Å². The Bertz CT molecular complexity index is 960. The number of aromatic nitrogens is 2. The molecule has 1 aromatic carbocycles. The van der Waals surface area contributed by atoms with Gasteiger partial charge in [-0.1, -0.05) is 44.7 Å². The van der Waals surface area contributed by atoms with Gasteiger partial charge in [0.25, 0.3) is 5.56 Å². The lowest BCUT2D eigenvalue weighted by Gasteiger charge is -2.26. The van der Waals surface area contributed by atoms with Gasteiger partial charge in [0.15, 0.2) is 10.9 Å². The summed E-state index contributed by atoms with van der Waals surface area (Å²) in [5, 5.41) is 3.51. The zero-order valence-electron chi connectivity index (χ0n) is 15.9. The maximum Gasteiger partial charge on any atom is 0.254 e. The van der Waals surface area contributed by atoms with Crippen LogP contribution in [0.3, 0.4) is 0 Å². The molecule has 1 aliphatic rings. The molecule has 2 aromatic rings. The number of thioether (sulfide) groups is 1. The molecule has 1 aromatic heterocycles. The molecular formula is C20H23N3O3S. The Morgan fingerprint density at radius 3 is 2.67 bits per heavy atom. The van der Waals surface area contributed by atoms with Gasteiger partial charge < -0.3 is 5.32 Å². The lowest BCUT2D eigenvalue weighted by atomic mass is 9.92. The SMILES string of the molecule is CC(=O)c1cccc(NC(=O)[C@H]2CSc3nc(C(C)(C)C)cc(=O)n3C2)c1. The summed E-state index contributed by atoms with van der Waals surface area (Å²) in [5.74, 6) is -0.0113. The topological polar surface area (TPSA) is 81.1 Å². The highest BCUT2D eigenvalue weighted by Crippen LogP contribution is 2.28. The third kappa shape index (κ3) is 4.30. The molecule has 0 saturated carbocycles. The summed E-state index contributed by atoms with van der Waals surface area (Å²) in [4.78, 5) is 41.3. The van der Waals surface area contributed by atoms with Gasteiger partial charge in [-0.15, -0.1) is 0 Å². The summed E-state index contributed by atoms with van der Waals surface area (Å²) >= 11 is 1.43. The maximum absolute atomic E-state index is 12.7. The standard InChI is InChI=1S/C20H23N3O3S/c1-12(24)13-6-5-7-15(8-13)21-18(26)14-10-23-17(25)9-16(20(2,3)4)22-19(23)27-11-14/h5-9,14H,10-11H2,1-4H3,(H,21,26)/t14-/m1/s1. The van der Waals surface area contributed by atoms with Gasteiger partial charge in [0, 0.05) is 35.0 Å². The van der Waals surface area contributed by atoms with E-state index in [9.17, 15) is 14.4 Å². The van der Waals surface area contributed by atoms with Gasteiger partial charge in [-0.3, -0.25) is 19.0 Å². The van der Waals surface area contributed by atoms with Gasteiger partial charge in [0.05, 0.1) is 11.6 Å². The maximum atomic E-state index is 12.7. The minimum atomic E-state index is -0.344. The third-order valence-corrected chi connectivity index (χ3v) is 5.60. The van der Waals surface area contributed by atoms with Crippen LogP contribution in [0.15, 0.2) is 40.3 Å². The Kier molecular flexibility index (Phi) is 5.24. The second-order valence-corrected chi connectivity index (χ2v) is 8.74. The van der Waals surface area contributed by atoms with Crippen molar-refractivity contribution in [1.29, 1.82) is 0 Å². The van der Waals surface area contributed by atoms with Crippen molar-refractivity contribution >= 4 is 29.1 Å². The Hall–Kier alpha value is -2.41. The smallest absolute Gasteiger partial charge is 0.254 e. The average molecular weight is 385 g/mol. The van der Waals surface area contributed by atoms with Crippen LogP contribution in [0.25, 0.3) is 0 Å². The highest BCUT2D eigenvalue weighted by atomic mass is 32.2. The van der Waals surface area contributed by atoms with Gasteiger partial charge in [0.1, 0.15) is 0 Å². The van der Waals surface area contributed by atoms with Crippen molar-refractivity contribution < 1.29 is 9.59 Å². The van der Waals surface area contributed by atoms with Crippen LogP contribution >= 0.6 is 11.8 Å². The molecule has 2 heterocycles. The monoisotopic (exact) mass is 385 g/mol. The fourth-order valence-corrected chi connectivity index (χ4v) is 3.90. The van der Waals surface area contributed by atoms with E-state index in [-0.39, 0.29) is 28.6 Å². The van der Waals surface area contributed by atoms with Crippen molar-refractivity contribution in [3.05, 3.63) is 51.9 Å². The predicted octanol–water partition coefficient (Wildman–Crippen LogP) is 3.10. The van der Waals surface area contributed by atoms with Crippen LogP contribution in [0.5, 0.6) is 0 Å². The van der Waals surface area contributed by atoms with E-state index in [1.54, 1.807) is 34.9 Å². The zero-order chi connectivity index (χ0) is 19.8. The Balaban J connectivity index is 1.78. The molecule has 1 N–H and O–H groups in total. The lowest BCUT2D eigenvalue weighted by molar-refractivity contribution is -0.119. The van der Waals surface area contributed by atoms with Crippen molar-refractivity contribution in [2.24, 2.45) is 5.92 Å². The zero-order valence-corrected chi connectivity index (χ0v) is 16.7. The fourth-order valence-electron chi connectivity index (χ4n) is 2.81. The van der Waals surface area contributed by atoms with Crippen molar-refractivity contribution in [3.8, 4) is 0 Å². The Labute approximate surface area is 162 Å². The quantitative estimate of drug-likeness (QED) is 0.649. The number of fused-ring (bicyclic) bond motifs is 1. The lowest BCUT2D eigenvalue weighted by Crippen LogP contribution is -2.37. The number of rotatable bonds is 3. The van der Waals surface area contributed by atoms with E-state index in [0.717, 1.165) is 5.69 Å². The van der Waals surface area contributed by atoms with Gasteiger partial charge in [-0.05, 0) is 19.1 Å². The summed E-state index contributed by atoms with van der Waals surface area (Å²) in [6.07, 6.45) is 0. The van der Waals surface area contributed by atoms with Crippen molar-refractivity contribution in [3.63, 3.8) is 0 Å². The second kappa shape index (κ2) is 7.31. The Morgan fingerprint density at radius 2 is 2.00 bits per heavy atom. The Morgan fingerprint density at radius 1 is 1.26 bits per heavy atom. The number of nitrogens with zero attached hydrogens (tertiary/aromatic N) is 2. The molecule has 1 aliphatic heterocycles. The van der Waals surface area contributed by atoms with E-state index in [4.69, 9.17) is 0 Å². The van der Waals surface area contributed by atoms with E-state index in [2.05, 4.69) is 10.3 Å². The first-order valence-electron chi connectivity index (χ1n) is 8.82. The first-order valence-corrected chi connectivity index (χ1v) is 9.81. The summed E-state index contributed by atoms with van der Waals surface area (Å²) in [7, 11) is 0. The molecule has 142 valence electrons. The first-order chi connectivity index (χ1) is 12.6. The van der Waals surface area contributed by atoms with E-state index in [1.165, 1.54) is 18.7 Å². The van der Waals surface area contributed by atoms with Crippen molar-refractivity contribution in [2.45, 2.75) is 44.8 Å². The summed E-state index contributed by atoms with van der Waals surface area (Å²) in [6.45, 7) is 7.85. The number of carbonyl (C=O) groups is 2. The first kappa shape index (κ1) is 19.4. The highest BCUT2D eigenvalue weighted by Gasteiger charge is 2.28. The molecule has 3 rings (SSSR count). The predicted molar refractivity (Wildman–Crippen MR) is 106 cm³/mol. The number of benzene rings is 1. The molecule has 0 bridgehead atoms. The van der Waals surface area contributed by atoms with E-state index in [0.29, 0.717) is 28.7 Å². The van der Waals surface area contributed by atoms with Gasteiger partial charge in [-0.25, -0.2) is 4.98 Å². The van der Waals surface area contributed by atoms with Crippen LogP contribution in [-0.4, -0.2) is 27.0 Å². The number of carbonyl (C=O) groups excluding carboxylic acids is 2. The normalized spacial score (nSPS) is 16.5. The molecule has 0 aliphatic carbocycles. The van der Waals surface area contributed by atoms with Crippen LogP contribution in [0.2, 0.25) is 0 Å². The molecule has 0 fully saturated rings. The minimum Gasteiger partial charge on any atom is -0.326 e. The molecule has 6 nitrogen and oxygen atoms in total. The van der Waals surface area contributed by atoms with E-state index < -0.39 is 0 Å². The van der Waals surface area contributed by atoms with Crippen molar-refractivity contribution in [2.75, 3.05) is 11.1 Å². The molecule has 0 spiro atoms. The molecule has 1 atom stereocenters. The summed E-state index contributed by atoms with van der Waals surface area (Å²) in [5.41, 5.74) is 1.55. The van der Waals surface area contributed by atoms with Gasteiger partial charge in [0.2, 0.25) is 5.91 Å². The van der Waals surface area contributed by atoms with Crippen LogP contribution in [0.1, 0.15) is 43.7 Å². The number of nitrogens with one attached hydrogen (secondary N) is 1. The minimum absolute atomic E-state index is 0.0551. The molecule has 0 radical (unpaired) electrons. The molecule has 1 amide bonds. The fraction of sp³-hybridized carbons (Fsp3) is 0.400. The number of ketones is 1. The third-order valence-electron chi connectivity index (χ3n) is 4.47. The van der Waals surface area contributed by atoms with Gasteiger partial charge >= 0.3 is 0 Å².